The molecule has 5 heteroatoms. The molecule has 1 fully saturated rings. The number of ether oxygens (including phenoxy) is 3. The average molecular weight is 300 g/mol. The molecular formula is C15H22ClNO3. The van der Waals surface area contributed by atoms with E-state index in [4.69, 9.17) is 14.2 Å². The molecule has 4 nitrogen and oxygen atoms in total. The van der Waals surface area contributed by atoms with Gasteiger partial charge in [-0.25, -0.2) is 0 Å². The number of halogens is 1. The third kappa shape index (κ3) is 5.41. The Morgan fingerprint density at radius 1 is 1.15 bits per heavy atom. The van der Waals surface area contributed by atoms with Crippen LogP contribution in [0.15, 0.2) is 36.9 Å². The van der Waals surface area contributed by atoms with Crippen LogP contribution < -0.4 is 9.47 Å². The SMILES string of the molecule is C=CCOc1ccccc1OCCN1CCOCC1.Cl. The van der Waals surface area contributed by atoms with Crippen LogP contribution in [0.5, 0.6) is 11.5 Å². The van der Waals surface area contributed by atoms with Crippen molar-refractivity contribution in [1.82, 2.24) is 4.90 Å². The summed E-state index contributed by atoms with van der Waals surface area (Å²) in [5, 5.41) is 0. The van der Waals surface area contributed by atoms with Gasteiger partial charge in [0.1, 0.15) is 13.2 Å². The fourth-order valence-electron chi connectivity index (χ4n) is 1.95. The van der Waals surface area contributed by atoms with Gasteiger partial charge in [-0.3, -0.25) is 4.90 Å². The van der Waals surface area contributed by atoms with E-state index in [0.29, 0.717) is 13.2 Å². The van der Waals surface area contributed by atoms with E-state index in [9.17, 15) is 0 Å². The molecule has 112 valence electrons. The van der Waals surface area contributed by atoms with Crippen LogP contribution >= 0.6 is 12.4 Å². The zero-order valence-corrected chi connectivity index (χ0v) is 12.4. The van der Waals surface area contributed by atoms with Gasteiger partial charge in [0.25, 0.3) is 0 Å². The Balaban J connectivity index is 0.00000200. The fraction of sp³-hybridized carbons (Fsp3) is 0.467. The molecule has 0 unspecified atom stereocenters. The summed E-state index contributed by atoms with van der Waals surface area (Å²) in [6.45, 7) is 9.32. The summed E-state index contributed by atoms with van der Waals surface area (Å²) in [6, 6.07) is 7.73. The normalized spacial score (nSPS) is 15.2. The van der Waals surface area contributed by atoms with Crippen molar-refractivity contribution in [3.05, 3.63) is 36.9 Å². The highest BCUT2D eigenvalue weighted by Crippen LogP contribution is 2.26. The lowest BCUT2D eigenvalue weighted by Crippen LogP contribution is -2.38. The first-order chi connectivity index (χ1) is 9.40. The predicted octanol–water partition coefficient (Wildman–Crippen LogP) is 2.38. The van der Waals surface area contributed by atoms with Crippen LogP contribution in [0.1, 0.15) is 0 Å². The van der Waals surface area contributed by atoms with Gasteiger partial charge in [-0.05, 0) is 12.1 Å². The van der Waals surface area contributed by atoms with Crippen LogP contribution in [0.2, 0.25) is 0 Å². The molecule has 0 N–H and O–H groups in total. The van der Waals surface area contributed by atoms with Gasteiger partial charge < -0.3 is 14.2 Å². The zero-order valence-electron chi connectivity index (χ0n) is 11.6. The Morgan fingerprint density at radius 2 is 1.80 bits per heavy atom. The molecule has 1 aromatic rings. The Labute approximate surface area is 126 Å². The molecule has 1 saturated heterocycles. The Hall–Kier alpha value is -1.23. The molecule has 1 aliphatic heterocycles. The monoisotopic (exact) mass is 299 g/mol. The number of rotatable bonds is 7. The second kappa shape index (κ2) is 9.64. The van der Waals surface area contributed by atoms with E-state index in [1.165, 1.54) is 0 Å². The van der Waals surface area contributed by atoms with Gasteiger partial charge in [-0.1, -0.05) is 24.8 Å². The van der Waals surface area contributed by atoms with Crippen LogP contribution in [-0.2, 0) is 4.74 Å². The van der Waals surface area contributed by atoms with Gasteiger partial charge in [0.05, 0.1) is 13.2 Å². The third-order valence-corrected chi connectivity index (χ3v) is 2.97. The van der Waals surface area contributed by atoms with E-state index in [1.54, 1.807) is 6.08 Å². The standard InChI is InChI=1S/C15H21NO3.ClH/c1-2-10-18-14-5-3-4-6-15(14)19-13-9-16-7-11-17-12-8-16;/h2-6H,1,7-13H2;1H. The number of hydrogen-bond acceptors (Lipinski definition) is 4. The molecule has 2 rings (SSSR count). The van der Waals surface area contributed by atoms with Crippen molar-refractivity contribution in [1.29, 1.82) is 0 Å². The third-order valence-electron chi connectivity index (χ3n) is 2.97. The van der Waals surface area contributed by atoms with Crippen LogP contribution in [0.3, 0.4) is 0 Å². The maximum Gasteiger partial charge on any atom is 0.161 e. The molecule has 1 aromatic carbocycles. The second-order valence-electron chi connectivity index (χ2n) is 4.35. The number of hydrogen-bond donors (Lipinski definition) is 0. The van der Waals surface area contributed by atoms with Crippen molar-refractivity contribution in [2.24, 2.45) is 0 Å². The van der Waals surface area contributed by atoms with Crippen molar-refractivity contribution in [2.45, 2.75) is 0 Å². The first-order valence-electron chi connectivity index (χ1n) is 6.66. The highest BCUT2D eigenvalue weighted by atomic mass is 35.5. The van der Waals surface area contributed by atoms with Crippen LogP contribution in [0.25, 0.3) is 0 Å². The molecule has 0 aromatic heterocycles. The lowest BCUT2D eigenvalue weighted by molar-refractivity contribution is 0.0321. The molecule has 1 aliphatic rings. The smallest absolute Gasteiger partial charge is 0.161 e. The van der Waals surface area contributed by atoms with Gasteiger partial charge in [0.15, 0.2) is 11.5 Å². The van der Waals surface area contributed by atoms with Crippen LogP contribution in [0.4, 0.5) is 0 Å². The molecule has 0 bridgehead atoms. The van der Waals surface area contributed by atoms with Gasteiger partial charge in [-0.15, -0.1) is 12.4 Å². The summed E-state index contributed by atoms with van der Waals surface area (Å²) in [7, 11) is 0. The van der Waals surface area contributed by atoms with Crippen molar-refractivity contribution in [3.63, 3.8) is 0 Å². The lowest BCUT2D eigenvalue weighted by Gasteiger charge is -2.26. The largest absolute Gasteiger partial charge is 0.488 e. The molecular weight excluding hydrogens is 278 g/mol. The van der Waals surface area contributed by atoms with E-state index in [0.717, 1.165) is 44.3 Å². The Kier molecular flexibility index (Phi) is 8.11. The molecule has 0 aliphatic carbocycles. The maximum atomic E-state index is 5.80. The highest BCUT2D eigenvalue weighted by Gasteiger charge is 2.10. The average Bonchev–Trinajstić information content (AvgIpc) is 2.47. The highest BCUT2D eigenvalue weighted by molar-refractivity contribution is 5.85. The number of para-hydroxylation sites is 2. The minimum Gasteiger partial charge on any atom is -0.488 e. The first-order valence-corrected chi connectivity index (χ1v) is 6.66. The molecule has 0 atom stereocenters. The number of benzene rings is 1. The first kappa shape index (κ1) is 16.8. The quantitative estimate of drug-likeness (QED) is 0.723. The molecule has 0 saturated carbocycles. The van der Waals surface area contributed by atoms with Crippen LogP contribution in [0, 0.1) is 0 Å². The van der Waals surface area contributed by atoms with E-state index in [2.05, 4.69) is 11.5 Å². The number of nitrogens with zero attached hydrogens (tertiary/aromatic N) is 1. The summed E-state index contributed by atoms with van der Waals surface area (Å²) < 4.78 is 16.7. The lowest BCUT2D eigenvalue weighted by atomic mass is 10.3. The zero-order chi connectivity index (χ0) is 13.3. The van der Waals surface area contributed by atoms with E-state index in [1.807, 2.05) is 24.3 Å². The maximum absolute atomic E-state index is 5.80. The molecule has 0 spiro atoms. The molecule has 0 amide bonds. The van der Waals surface area contributed by atoms with E-state index in [-0.39, 0.29) is 12.4 Å². The topological polar surface area (TPSA) is 30.9 Å². The van der Waals surface area contributed by atoms with Gasteiger partial charge in [-0.2, -0.15) is 0 Å². The molecule has 1 heterocycles. The van der Waals surface area contributed by atoms with Crippen molar-refractivity contribution in [2.75, 3.05) is 46.1 Å². The Bertz CT molecular complexity index is 394. The minimum atomic E-state index is 0. The summed E-state index contributed by atoms with van der Waals surface area (Å²) >= 11 is 0. The summed E-state index contributed by atoms with van der Waals surface area (Å²) in [5.74, 6) is 1.56. The minimum absolute atomic E-state index is 0. The summed E-state index contributed by atoms with van der Waals surface area (Å²) in [6.07, 6.45) is 1.73. The van der Waals surface area contributed by atoms with E-state index < -0.39 is 0 Å². The van der Waals surface area contributed by atoms with Crippen molar-refractivity contribution in [3.8, 4) is 11.5 Å². The number of morpholine rings is 1. The van der Waals surface area contributed by atoms with Gasteiger partial charge >= 0.3 is 0 Å². The summed E-state index contributed by atoms with van der Waals surface area (Å²) in [5.41, 5.74) is 0. The summed E-state index contributed by atoms with van der Waals surface area (Å²) in [4.78, 5) is 2.34. The Morgan fingerprint density at radius 3 is 2.45 bits per heavy atom. The van der Waals surface area contributed by atoms with Crippen molar-refractivity contribution < 1.29 is 14.2 Å². The molecule has 20 heavy (non-hydrogen) atoms. The van der Waals surface area contributed by atoms with E-state index >= 15 is 0 Å². The molecule has 0 radical (unpaired) electrons. The fourth-order valence-corrected chi connectivity index (χ4v) is 1.95. The second-order valence-corrected chi connectivity index (χ2v) is 4.35. The van der Waals surface area contributed by atoms with Crippen LogP contribution in [-0.4, -0.2) is 51.0 Å². The van der Waals surface area contributed by atoms with Gasteiger partial charge in [0, 0.05) is 19.6 Å². The predicted molar refractivity (Wildman–Crippen MR) is 82.1 cm³/mol. The van der Waals surface area contributed by atoms with Crippen molar-refractivity contribution >= 4 is 12.4 Å². The van der Waals surface area contributed by atoms with Gasteiger partial charge in [0.2, 0.25) is 0 Å².